The number of halogens is 2. The molecule has 1 amide bonds. The van der Waals surface area contributed by atoms with Crippen molar-refractivity contribution in [2.24, 2.45) is 0 Å². The summed E-state index contributed by atoms with van der Waals surface area (Å²) in [4.78, 5) is 22.8. The Morgan fingerprint density at radius 1 is 1.29 bits per heavy atom. The molecule has 0 spiro atoms. The molecule has 0 radical (unpaired) electrons. The van der Waals surface area contributed by atoms with Crippen LogP contribution in [-0.4, -0.2) is 42.7 Å². The van der Waals surface area contributed by atoms with E-state index in [1.807, 2.05) is 0 Å². The number of allylic oxidation sites excluding steroid dienone is 2. The molecule has 0 unspecified atom stereocenters. The Kier molecular flexibility index (Phi) is 6.06. The highest BCUT2D eigenvalue weighted by molar-refractivity contribution is 6.30. The van der Waals surface area contributed by atoms with Crippen LogP contribution in [0.4, 0.5) is 16.2 Å². The van der Waals surface area contributed by atoms with E-state index in [1.54, 1.807) is 48.9 Å². The van der Waals surface area contributed by atoms with Crippen molar-refractivity contribution in [3.63, 3.8) is 0 Å². The lowest BCUT2D eigenvalue weighted by molar-refractivity contribution is -0.130. The molecule has 1 aliphatic rings. The van der Waals surface area contributed by atoms with Gasteiger partial charge in [0.1, 0.15) is 11.6 Å². The molecule has 3 N–H and O–H groups in total. The molecule has 3 heterocycles. The Balaban J connectivity index is 1.58. The number of nitrogens with zero attached hydrogens (tertiary/aromatic N) is 4. The van der Waals surface area contributed by atoms with Gasteiger partial charge < -0.3 is 15.3 Å². The zero-order chi connectivity index (χ0) is 21.8. The SMILES string of the molecule is O=C1CC=C(c2ccnc(Nc3ccn[nH]3)n2)C=CN1[C@H](CO)c1ccc(Cl)c(F)c1. The molecule has 158 valence electrons. The molecule has 4 rings (SSSR count). The van der Waals surface area contributed by atoms with Crippen LogP contribution in [0.25, 0.3) is 5.57 Å². The first-order chi connectivity index (χ1) is 15.0. The average molecular weight is 441 g/mol. The summed E-state index contributed by atoms with van der Waals surface area (Å²) in [6, 6.07) is 6.94. The van der Waals surface area contributed by atoms with E-state index in [9.17, 15) is 14.3 Å². The van der Waals surface area contributed by atoms with Gasteiger partial charge in [-0.15, -0.1) is 0 Å². The standard InChI is InChI=1S/C21H18ClFN6O2/c22-15-3-1-14(11-16(15)23)18(12-30)29-10-7-13(2-4-20(29)31)17-5-8-24-21(26-17)27-19-6-9-25-28-19/h1-3,5-11,18,30H,4,12H2,(H2,24,25,26,27,28)/t18-/m1/s1. The number of aliphatic hydroxyl groups is 1. The Morgan fingerprint density at radius 2 is 2.16 bits per heavy atom. The predicted molar refractivity (Wildman–Crippen MR) is 114 cm³/mol. The lowest BCUT2D eigenvalue weighted by atomic mass is 10.1. The number of aliphatic hydroxyl groups excluding tert-OH is 1. The normalized spacial score (nSPS) is 14.9. The van der Waals surface area contributed by atoms with E-state index in [0.717, 1.165) is 0 Å². The Hall–Kier alpha value is -3.56. The number of nitrogens with one attached hydrogen (secondary N) is 2. The maximum absolute atomic E-state index is 13.9. The van der Waals surface area contributed by atoms with Gasteiger partial charge in [-0.1, -0.05) is 23.7 Å². The Morgan fingerprint density at radius 3 is 2.90 bits per heavy atom. The number of hydrogen-bond acceptors (Lipinski definition) is 6. The fourth-order valence-corrected chi connectivity index (χ4v) is 3.30. The second kappa shape index (κ2) is 9.07. The first kappa shape index (κ1) is 20.7. The number of aromatic amines is 1. The molecule has 8 nitrogen and oxygen atoms in total. The molecule has 2 aromatic heterocycles. The summed E-state index contributed by atoms with van der Waals surface area (Å²) in [5.41, 5.74) is 1.77. The largest absolute Gasteiger partial charge is 0.394 e. The minimum Gasteiger partial charge on any atom is -0.394 e. The summed E-state index contributed by atoms with van der Waals surface area (Å²) in [6.45, 7) is -0.377. The monoisotopic (exact) mass is 440 g/mol. The van der Waals surface area contributed by atoms with Gasteiger partial charge in [-0.05, 0) is 35.4 Å². The molecule has 0 bridgehead atoms. The van der Waals surface area contributed by atoms with Gasteiger partial charge in [0.25, 0.3) is 0 Å². The summed E-state index contributed by atoms with van der Waals surface area (Å²) in [7, 11) is 0. The van der Waals surface area contributed by atoms with Crippen LogP contribution in [0, 0.1) is 5.82 Å². The van der Waals surface area contributed by atoms with Gasteiger partial charge in [-0.3, -0.25) is 9.89 Å². The van der Waals surface area contributed by atoms with Crippen molar-refractivity contribution in [1.82, 2.24) is 25.1 Å². The fraction of sp³-hybridized carbons (Fsp3) is 0.143. The van der Waals surface area contributed by atoms with Gasteiger partial charge in [-0.25, -0.2) is 14.4 Å². The van der Waals surface area contributed by atoms with Crippen molar-refractivity contribution >= 4 is 34.8 Å². The Labute approximate surface area is 182 Å². The zero-order valence-corrected chi connectivity index (χ0v) is 16.9. The van der Waals surface area contributed by atoms with Gasteiger partial charge in [0.05, 0.1) is 29.6 Å². The number of amides is 1. The van der Waals surface area contributed by atoms with Crippen LogP contribution in [0.15, 0.2) is 61.1 Å². The fourth-order valence-electron chi connectivity index (χ4n) is 3.18. The number of carbonyl (C=O) groups is 1. The van der Waals surface area contributed by atoms with E-state index in [0.29, 0.717) is 28.6 Å². The van der Waals surface area contributed by atoms with E-state index in [4.69, 9.17) is 11.6 Å². The quantitative estimate of drug-likeness (QED) is 0.540. The van der Waals surface area contributed by atoms with E-state index >= 15 is 0 Å². The summed E-state index contributed by atoms with van der Waals surface area (Å²) < 4.78 is 13.9. The molecule has 10 heteroatoms. The molecule has 1 atom stereocenters. The van der Waals surface area contributed by atoms with Crippen molar-refractivity contribution in [3.8, 4) is 0 Å². The van der Waals surface area contributed by atoms with Gasteiger partial charge >= 0.3 is 0 Å². The molecule has 1 aromatic carbocycles. The maximum Gasteiger partial charge on any atom is 0.231 e. The third-order valence-electron chi connectivity index (χ3n) is 4.73. The number of benzene rings is 1. The number of rotatable bonds is 6. The second-order valence-corrected chi connectivity index (χ2v) is 7.12. The van der Waals surface area contributed by atoms with Crippen LogP contribution in [0.5, 0.6) is 0 Å². The van der Waals surface area contributed by atoms with Crippen LogP contribution in [-0.2, 0) is 4.79 Å². The molecule has 3 aromatic rings. The van der Waals surface area contributed by atoms with Crippen LogP contribution in [0.1, 0.15) is 23.7 Å². The lowest BCUT2D eigenvalue weighted by Crippen LogP contribution is -2.31. The van der Waals surface area contributed by atoms with Crippen LogP contribution in [0.2, 0.25) is 5.02 Å². The van der Waals surface area contributed by atoms with Gasteiger partial charge in [-0.2, -0.15) is 5.10 Å². The molecule has 0 aliphatic carbocycles. The molecular weight excluding hydrogens is 423 g/mol. The number of hydrogen-bond donors (Lipinski definition) is 3. The third-order valence-corrected chi connectivity index (χ3v) is 5.04. The van der Waals surface area contributed by atoms with Crippen molar-refractivity contribution in [1.29, 1.82) is 0 Å². The minimum absolute atomic E-state index is 0.0227. The van der Waals surface area contributed by atoms with Crippen LogP contribution >= 0.6 is 11.6 Å². The summed E-state index contributed by atoms with van der Waals surface area (Å²) in [5.74, 6) is 0.157. The highest BCUT2D eigenvalue weighted by Crippen LogP contribution is 2.28. The van der Waals surface area contributed by atoms with E-state index < -0.39 is 11.9 Å². The molecule has 1 aliphatic heterocycles. The zero-order valence-electron chi connectivity index (χ0n) is 16.2. The van der Waals surface area contributed by atoms with Crippen molar-refractivity contribution in [3.05, 3.63) is 83.2 Å². The average Bonchev–Trinajstić information content (AvgIpc) is 3.20. The van der Waals surface area contributed by atoms with Crippen molar-refractivity contribution in [2.45, 2.75) is 12.5 Å². The minimum atomic E-state index is -0.744. The van der Waals surface area contributed by atoms with Gasteiger partial charge in [0.15, 0.2) is 0 Å². The topological polar surface area (TPSA) is 107 Å². The molecule has 31 heavy (non-hydrogen) atoms. The molecule has 0 saturated carbocycles. The van der Waals surface area contributed by atoms with Gasteiger partial charge in [0, 0.05) is 24.9 Å². The van der Waals surface area contributed by atoms with Crippen molar-refractivity contribution < 1.29 is 14.3 Å². The van der Waals surface area contributed by atoms with E-state index in [2.05, 4.69) is 25.5 Å². The number of anilines is 2. The second-order valence-electron chi connectivity index (χ2n) is 6.71. The number of aromatic nitrogens is 4. The summed E-state index contributed by atoms with van der Waals surface area (Å²) in [6.07, 6.45) is 8.33. The smallest absolute Gasteiger partial charge is 0.231 e. The first-order valence-corrected chi connectivity index (χ1v) is 9.78. The highest BCUT2D eigenvalue weighted by Gasteiger charge is 2.25. The van der Waals surface area contributed by atoms with Gasteiger partial charge in [0.2, 0.25) is 11.9 Å². The third kappa shape index (κ3) is 4.62. The number of H-pyrrole nitrogens is 1. The van der Waals surface area contributed by atoms with E-state index in [-0.39, 0.29) is 24.0 Å². The number of carbonyl (C=O) groups excluding carboxylic acids is 1. The van der Waals surface area contributed by atoms with Crippen molar-refractivity contribution in [2.75, 3.05) is 11.9 Å². The molecule has 0 saturated heterocycles. The first-order valence-electron chi connectivity index (χ1n) is 9.40. The molecule has 0 fully saturated rings. The summed E-state index contributed by atoms with van der Waals surface area (Å²) in [5, 5.41) is 19.5. The maximum atomic E-state index is 13.9. The summed E-state index contributed by atoms with van der Waals surface area (Å²) >= 11 is 5.75. The molecular formula is C21H18ClFN6O2. The van der Waals surface area contributed by atoms with E-state index in [1.165, 1.54) is 17.0 Å². The Bertz CT molecular complexity index is 1150. The van der Waals surface area contributed by atoms with Crippen LogP contribution in [0.3, 0.4) is 0 Å². The lowest BCUT2D eigenvalue weighted by Gasteiger charge is -2.27. The highest BCUT2D eigenvalue weighted by atomic mass is 35.5. The van der Waals surface area contributed by atoms with Crippen LogP contribution < -0.4 is 5.32 Å². The predicted octanol–water partition coefficient (Wildman–Crippen LogP) is 3.60.